The van der Waals surface area contributed by atoms with Crippen molar-refractivity contribution in [3.05, 3.63) is 54.3 Å². The van der Waals surface area contributed by atoms with Crippen molar-refractivity contribution in [1.82, 2.24) is 4.90 Å². The highest BCUT2D eigenvalue weighted by molar-refractivity contribution is 6.01. The molecule has 0 unspecified atom stereocenters. The average molecular weight is 393 g/mol. The normalized spacial score (nSPS) is 16.9. The number of nitrogens with two attached hydrogens (primary N) is 1. The predicted octanol–water partition coefficient (Wildman–Crippen LogP) is 3.05. The number of benzene rings is 2. The van der Waals surface area contributed by atoms with E-state index < -0.39 is 12.0 Å². The molecular formula is C22H23N3O4. The average Bonchev–Trinajstić information content (AvgIpc) is 3.36. The van der Waals surface area contributed by atoms with E-state index in [0.29, 0.717) is 25.2 Å². The van der Waals surface area contributed by atoms with Crippen LogP contribution < -0.4 is 11.1 Å². The first-order valence-electron chi connectivity index (χ1n) is 9.62. The number of carboxylic acid groups (broad SMARTS) is 1. The Morgan fingerprint density at radius 2 is 2.10 bits per heavy atom. The van der Waals surface area contributed by atoms with Gasteiger partial charge in [-0.05, 0) is 54.8 Å². The molecular weight excluding hydrogens is 370 g/mol. The highest BCUT2D eigenvalue weighted by atomic mass is 16.4. The van der Waals surface area contributed by atoms with Gasteiger partial charge >= 0.3 is 5.97 Å². The molecule has 4 N–H and O–H groups in total. The lowest BCUT2D eigenvalue weighted by Gasteiger charge is -2.22. The number of rotatable bonds is 6. The Bertz CT molecular complexity index is 1060. The van der Waals surface area contributed by atoms with Crippen molar-refractivity contribution in [3.8, 4) is 11.1 Å². The Balaban J connectivity index is 1.64. The second-order valence-electron chi connectivity index (χ2n) is 7.28. The Morgan fingerprint density at radius 3 is 2.90 bits per heavy atom. The van der Waals surface area contributed by atoms with Crippen LogP contribution in [0.1, 0.15) is 18.4 Å². The third-order valence-electron chi connectivity index (χ3n) is 5.30. The molecule has 1 saturated heterocycles. The quantitative estimate of drug-likeness (QED) is 0.594. The molecule has 1 aromatic heterocycles. The van der Waals surface area contributed by atoms with E-state index in [2.05, 4.69) is 5.32 Å². The van der Waals surface area contributed by atoms with Crippen LogP contribution in [0.2, 0.25) is 0 Å². The summed E-state index contributed by atoms with van der Waals surface area (Å²) in [5.74, 6) is -1.11. The largest absolute Gasteiger partial charge is 0.480 e. The summed E-state index contributed by atoms with van der Waals surface area (Å²) in [5.41, 5.74) is 10.00. The maximum absolute atomic E-state index is 12.8. The van der Waals surface area contributed by atoms with Gasteiger partial charge in [0.1, 0.15) is 5.58 Å². The molecule has 2 heterocycles. The zero-order valence-electron chi connectivity index (χ0n) is 15.9. The molecule has 0 saturated carbocycles. The smallest absolute Gasteiger partial charge is 0.317 e. The molecule has 1 atom stereocenters. The number of hydrogen-bond donors (Lipinski definition) is 3. The van der Waals surface area contributed by atoms with Gasteiger partial charge in [-0.15, -0.1) is 0 Å². The Kier molecular flexibility index (Phi) is 5.33. The lowest BCUT2D eigenvalue weighted by atomic mass is 10.0. The van der Waals surface area contributed by atoms with Crippen molar-refractivity contribution in [3.63, 3.8) is 0 Å². The third-order valence-corrected chi connectivity index (χ3v) is 5.30. The SMILES string of the molecule is NCc1cccc(-c2cc(NC(=O)[C@@H]3CCCN3CC(=O)O)cc3ccoc23)c1. The van der Waals surface area contributed by atoms with E-state index in [0.717, 1.165) is 34.1 Å². The molecule has 7 heteroatoms. The third kappa shape index (κ3) is 4.01. The van der Waals surface area contributed by atoms with E-state index in [1.165, 1.54) is 0 Å². The van der Waals surface area contributed by atoms with Crippen molar-refractivity contribution in [1.29, 1.82) is 0 Å². The van der Waals surface area contributed by atoms with Crippen LogP contribution in [0.25, 0.3) is 22.1 Å². The fourth-order valence-corrected chi connectivity index (χ4v) is 3.95. The number of nitrogens with one attached hydrogen (secondary N) is 1. The fourth-order valence-electron chi connectivity index (χ4n) is 3.95. The van der Waals surface area contributed by atoms with Crippen LogP contribution in [0.15, 0.2) is 53.1 Å². The molecule has 1 aliphatic heterocycles. The Hall–Kier alpha value is -3.16. The lowest BCUT2D eigenvalue weighted by molar-refractivity contribution is -0.139. The maximum Gasteiger partial charge on any atom is 0.317 e. The van der Waals surface area contributed by atoms with Crippen molar-refractivity contribution in [2.75, 3.05) is 18.4 Å². The predicted molar refractivity (Wildman–Crippen MR) is 110 cm³/mol. The van der Waals surface area contributed by atoms with Crippen molar-refractivity contribution in [2.45, 2.75) is 25.4 Å². The van der Waals surface area contributed by atoms with Gasteiger partial charge in [-0.3, -0.25) is 14.5 Å². The minimum Gasteiger partial charge on any atom is -0.480 e. The summed E-state index contributed by atoms with van der Waals surface area (Å²) in [4.78, 5) is 25.6. The first-order chi connectivity index (χ1) is 14.0. The fraction of sp³-hybridized carbons (Fsp3) is 0.273. The van der Waals surface area contributed by atoms with Gasteiger partial charge < -0.3 is 20.6 Å². The highest BCUT2D eigenvalue weighted by Gasteiger charge is 2.32. The molecule has 7 nitrogen and oxygen atoms in total. The number of likely N-dealkylation sites (tertiary alicyclic amines) is 1. The second kappa shape index (κ2) is 8.06. The first-order valence-corrected chi connectivity index (χ1v) is 9.62. The number of anilines is 1. The standard InChI is InChI=1S/C22H23N3O4/c23-12-14-3-1-4-15(9-14)18-11-17(10-16-6-8-29-21(16)18)24-22(28)19-5-2-7-25(19)13-20(26)27/h1,3-4,6,8-11,19H,2,5,7,12-13,23H2,(H,24,28)(H,26,27)/t19-/m0/s1. The van der Waals surface area contributed by atoms with E-state index >= 15 is 0 Å². The first kappa shape index (κ1) is 19.2. The summed E-state index contributed by atoms with van der Waals surface area (Å²) < 4.78 is 5.68. The van der Waals surface area contributed by atoms with Gasteiger partial charge in [0.15, 0.2) is 0 Å². The zero-order valence-corrected chi connectivity index (χ0v) is 15.9. The van der Waals surface area contributed by atoms with Gasteiger partial charge in [-0.1, -0.05) is 18.2 Å². The van der Waals surface area contributed by atoms with E-state index in [1.807, 2.05) is 42.5 Å². The van der Waals surface area contributed by atoms with Crippen LogP contribution in [0, 0.1) is 0 Å². The van der Waals surface area contributed by atoms with Gasteiger partial charge in [-0.2, -0.15) is 0 Å². The summed E-state index contributed by atoms with van der Waals surface area (Å²) in [7, 11) is 0. The van der Waals surface area contributed by atoms with Crippen LogP contribution in [0.4, 0.5) is 5.69 Å². The van der Waals surface area contributed by atoms with Crippen LogP contribution in [0.3, 0.4) is 0 Å². The minimum absolute atomic E-state index is 0.129. The van der Waals surface area contributed by atoms with Gasteiger partial charge in [0.05, 0.1) is 18.8 Å². The summed E-state index contributed by atoms with van der Waals surface area (Å²) >= 11 is 0. The van der Waals surface area contributed by atoms with Gasteiger partial charge in [0.2, 0.25) is 5.91 Å². The summed E-state index contributed by atoms with van der Waals surface area (Å²) in [6, 6.07) is 13.1. The number of nitrogens with zero attached hydrogens (tertiary/aromatic N) is 1. The number of fused-ring (bicyclic) bond motifs is 1. The maximum atomic E-state index is 12.8. The van der Waals surface area contributed by atoms with Gasteiger partial charge in [0, 0.05) is 23.2 Å². The minimum atomic E-state index is -0.924. The second-order valence-corrected chi connectivity index (χ2v) is 7.28. The van der Waals surface area contributed by atoms with Crippen LogP contribution in [-0.2, 0) is 16.1 Å². The van der Waals surface area contributed by atoms with Crippen molar-refractivity contribution >= 4 is 28.5 Å². The molecule has 1 fully saturated rings. The molecule has 0 spiro atoms. The molecule has 1 amide bonds. The van der Waals surface area contributed by atoms with E-state index in [4.69, 9.17) is 15.3 Å². The number of amides is 1. The summed E-state index contributed by atoms with van der Waals surface area (Å²) in [6.07, 6.45) is 3.08. The van der Waals surface area contributed by atoms with Gasteiger partial charge in [-0.25, -0.2) is 0 Å². The summed E-state index contributed by atoms with van der Waals surface area (Å²) in [5, 5.41) is 12.9. The number of hydrogen-bond acceptors (Lipinski definition) is 5. The van der Waals surface area contributed by atoms with Crippen LogP contribution in [-0.4, -0.2) is 41.0 Å². The molecule has 3 aromatic rings. The number of carbonyl (C=O) groups is 2. The molecule has 2 aromatic carbocycles. The molecule has 0 bridgehead atoms. The summed E-state index contributed by atoms with van der Waals surface area (Å²) in [6.45, 7) is 0.922. The molecule has 1 aliphatic rings. The monoisotopic (exact) mass is 393 g/mol. The Labute approximate surface area is 168 Å². The van der Waals surface area contributed by atoms with Crippen molar-refractivity contribution in [2.24, 2.45) is 5.73 Å². The van der Waals surface area contributed by atoms with Crippen LogP contribution >= 0.6 is 0 Å². The number of furan rings is 1. The Morgan fingerprint density at radius 1 is 1.24 bits per heavy atom. The molecule has 4 rings (SSSR count). The van der Waals surface area contributed by atoms with Gasteiger partial charge in [0.25, 0.3) is 0 Å². The number of carboxylic acids is 1. The molecule has 0 radical (unpaired) electrons. The number of carbonyl (C=O) groups excluding carboxylic acids is 1. The zero-order chi connectivity index (χ0) is 20.4. The highest BCUT2D eigenvalue weighted by Crippen LogP contribution is 2.33. The molecule has 29 heavy (non-hydrogen) atoms. The van der Waals surface area contributed by atoms with E-state index in [-0.39, 0.29) is 12.5 Å². The molecule has 150 valence electrons. The molecule has 0 aliphatic carbocycles. The van der Waals surface area contributed by atoms with Crippen molar-refractivity contribution < 1.29 is 19.1 Å². The van der Waals surface area contributed by atoms with Crippen LogP contribution in [0.5, 0.6) is 0 Å². The van der Waals surface area contributed by atoms with E-state index in [1.54, 1.807) is 11.2 Å². The topological polar surface area (TPSA) is 109 Å². The van der Waals surface area contributed by atoms with E-state index in [9.17, 15) is 9.59 Å². The number of aliphatic carboxylic acids is 1. The lowest BCUT2D eigenvalue weighted by Crippen LogP contribution is -2.42.